The van der Waals surface area contributed by atoms with Gasteiger partial charge in [0.1, 0.15) is 18.2 Å². The Hall–Kier alpha value is -2.90. The fraction of sp³-hybridized carbons (Fsp3) is 0.238. The lowest BCUT2D eigenvalue weighted by atomic mass is 10.2. The Morgan fingerprint density at radius 2 is 1.96 bits per heavy atom. The number of thiazole rings is 1. The second-order valence-electron chi connectivity index (χ2n) is 6.07. The Morgan fingerprint density at radius 3 is 2.71 bits per heavy atom. The second-order valence-corrected chi connectivity index (χ2v) is 7.26. The van der Waals surface area contributed by atoms with Crippen molar-refractivity contribution in [2.45, 2.75) is 13.5 Å². The first-order valence-electron chi connectivity index (χ1n) is 8.92. The molecule has 7 heteroatoms. The minimum absolute atomic E-state index is 0.488. The molecular weight excluding hydrogens is 374 g/mol. The van der Waals surface area contributed by atoms with Gasteiger partial charge in [-0.3, -0.25) is 4.79 Å². The maximum atomic E-state index is 10.8. The molecule has 0 fully saturated rings. The average Bonchev–Trinajstić information content (AvgIpc) is 3.08. The molecule has 0 aliphatic heterocycles. The monoisotopic (exact) mass is 397 g/mol. The highest BCUT2D eigenvalue weighted by Crippen LogP contribution is 2.36. The normalized spacial score (nSPS) is 10.5. The number of benzene rings is 2. The number of amides is 1. The third-order valence-corrected chi connectivity index (χ3v) is 5.07. The number of aromatic nitrogens is 1. The molecule has 0 aliphatic carbocycles. The summed E-state index contributed by atoms with van der Waals surface area (Å²) in [4.78, 5) is 18.5. The van der Waals surface area contributed by atoms with Crippen LogP contribution in [0.4, 0.5) is 16.6 Å². The zero-order valence-corrected chi connectivity index (χ0v) is 16.7. The van der Waals surface area contributed by atoms with Crippen LogP contribution >= 0.6 is 11.3 Å². The van der Waals surface area contributed by atoms with Gasteiger partial charge in [0, 0.05) is 23.7 Å². The second kappa shape index (κ2) is 9.87. The van der Waals surface area contributed by atoms with Crippen LogP contribution in [-0.2, 0) is 16.1 Å². The molecule has 1 amide bonds. The SMILES string of the molecule is COCCOc1cccc(N(Cc2ccccc2)c2nc(NC=O)c(C)s2)c1. The first-order valence-corrected chi connectivity index (χ1v) is 9.74. The average molecular weight is 398 g/mol. The number of methoxy groups -OCH3 is 1. The first-order chi connectivity index (χ1) is 13.7. The van der Waals surface area contributed by atoms with Gasteiger partial charge < -0.3 is 19.7 Å². The van der Waals surface area contributed by atoms with E-state index in [4.69, 9.17) is 9.47 Å². The molecule has 0 saturated carbocycles. The molecule has 2 aromatic carbocycles. The molecule has 146 valence electrons. The number of anilines is 3. The number of rotatable bonds is 10. The Bertz CT molecular complexity index is 899. The Balaban J connectivity index is 1.93. The zero-order valence-electron chi connectivity index (χ0n) is 15.9. The lowest BCUT2D eigenvalue weighted by molar-refractivity contribution is -0.105. The standard InChI is InChI=1S/C21H23N3O3S/c1-16-20(22-15-25)23-21(28-16)24(14-17-7-4-3-5-8-17)18-9-6-10-19(13-18)27-12-11-26-2/h3-10,13,15H,11-12,14H2,1-2H3,(H,22,25). The van der Waals surface area contributed by atoms with Crippen molar-refractivity contribution in [3.8, 4) is 5.75 Å². The molecule has 1 heterocycles. The van der Waals surface area contributed by atoms with E-state index in [9.17, 15) is 4.79 Å². The Morgan fingerprint density at radius 1 is 1.14 bits per heavy atom. The summed E-state index contributed by atoms with van der Waals surface area (Å²) >= 11 is 1.54. The molecule has 1 aromatic heterocycles. The highest BCUT2D eigenvalue weighted by Gasteiger charge is 2.17. The van der Waals surface area contributed by atoms with E-state index in [1.165, 1.54) is 11.3 Å². The number of carbonyl (C=O) groups excluding carboxylic acids is 1. The smallest absolute Gasteiger partial charge is 0.212 e. The van der Waals surface area contributed by atoms with E-state index in [2.05, 4.69) is 27.3 Å². The molecule has 0 bridgehead atoms. The lowest BCUT2D eigenvalue weighted by Crippen LogP contribution is -2.16. The number of aryl methyl sites for hydroxylation is 1. The van der Waals surface area contributed by atoms with Crippen LogP contribution in [0.3, 0.4) is 0 Å². The summed E-state index contributed by atoms with van der Waals surface area (Å²) in [5.41, 5.74) is 2.12. The molecule has 0 atom stereocenters. The molecule has 6 nitrogen and oxygen atoms in total. The molecule has 1 N–H and O–H groups in total. The van der Waals surface area contributed by atoms with E-state index in [0.717, 1.165) is 27.0 Å². The summed E-state index contributed by atoms with van der Waals surface area (Å²) in [6.07, 6.45) is 0.650. The van der Waals surface area contributed by atoms with Gasteiger partial charge in [-0.1, -0.05) is 47.7 Å². The molecule has 3 aromatic rings. The largest absolute Gasteiger partial charge is 0.491 e. The summed E-state index contributed by atoms with van der Waals surface area (Å²) in [6, 6.07) is 18.1. The van der Waals surface area contributed by atoms with Crippen LogP contribution in [0.2, 0.25) is 0 Å². The number of hydrogen-bond donors (Lipinski definition) is 1. The summed E-state index contributed by atoms with van der Waals surface area (Å²) in [5, 5.41) is 3.47. The molecule has 3 rings (SSSR count). The van der Waals surface area contributed by atoms with Crippen molar-refractivity contribution in [3.05, 3.63) is 65.0 Å². The van der Waals surface area contributed by atoms with Crippen LogP contribution in [0.1, 0.15) is 10.4 Å². The molecule has 0 saturated heterocycles. The van der Waals surface area contributed by atoms with Gasteiger partial charge in [-0.05, 0) is 24.6 Å². The predicted octanol–water partition coefficient (Wildman–Crippen LogP) is 4.38. The van der Waals surface area contributed by atoms with Crippen LogP contribution in [0.25, 0.3) is 0 Å². The summed E-state index contributed by atoms with van der Waals surface area (Å²) in [7, 11) is 1.65. The summed E-state index contributed by atoms with van der Waals surface area (Å²) in [5.74, 6) is 1.35. The number of hydrogen-bond acceptors (Lipinski definition) is 6. The van der Waals surface area contributed by atoms with Gasteiger partial charge in [0.2, 0.25) is 6.41 Å². The van der Waals surface area contributed by atoms with Crippen molar-refractivity contribution in [3.63, 3.8) is 0 Å². The number of nitrogens with zero attached hydrogens (tertiary/aromatic N) is 2. The van der Waals surface area contributed by atoms with E-state index in [0.29, 0.717) is 32.0 Å². The molecule has 0 unspecified atom stereocenters. The molecule has 0 aliphatic rings. The van der Waals surface area contributed by atoms with Gasteiger partial charge >= 0.3 is 0 Å². The Labute approximate surface area is 168 Å². The van der Waals surface area contributed by atoms with Crippen LogP contribution in [-0.4, -0.2) is 31.7 Å². The van der Waals surface area contributed by atoms with Crippen LogP contribution in [0.5, 0.6) is 5.75 Å². The summed E-state index contributed by atoms with van der Waals surface area (Å²) in [6.45, 7) is 3.61. The van der Waals surface area contributed by atoms with Gasteiger partial charge in [0.05, 0.1) is 13.2 Å². The first kappa shape index (κ1) is 19.9. The van der Waals surface area contributed by atoms with Gasteiger partial charge in [-0.25, -0.2) is 4.98 Å². The van der Waals surface area contributed by atoms with Crippen molar-refractivity contribution in [2.24, 2.45) is 0 Å². The number of carbonyl (C=O) groups is 1. The van der Waals surface area contributed by atoms with Gasteiger partial charge in [0.25, 0.3) is 0 Å². The van der Waals surface area contributed by atoms with Crippen molar-refractivity contribution in [1.29, 1.82) is 0 Å². The van der Waals surface area contributed by atoms with Crippen molar-refractivity contribution in [1.82, 2.24) is 4.98 Å². The highest BCUT2D eigenvalue weighted by molar-refractivity contribution is 7.16. The van der Waals surface area contributed by atoms with E-state index in [-0.39, 0.29) is 0 Å². The number of nitrogens with one attached hydrogen (secondary N) is 1. The zero-order chi connectivity index (χ0) is 19.8. The summed E-state index contributed by atoms with van der Waals surface area (Å²) < 4.78 is 10.8. The van der Waals surface area contributed by atoms with E-state index in [1.54, 1.807) is 7.11 Å². The fourth-order valence-electron chi connectivity index (χ4n) is 2.71. The van der Waals surface area contributed by atoms with Crippen LogP contribution in [0.15, 0.2) is 54.6 Å². The van der Waals surface area contributed by atoms with Crippen molar-refractivity contribution in [2.75, 3.05) is 30.5 Å². The quantitative estimate of drug-likeness (QED) is 0.406. The van der Waals surface area contributed by atoms with Crippen molar-refractivity contribution >= 4 is 34.4 Å². The predicted molar refractivity (Wildman–Crippen MR) is 113 cm³/mol. The van der Waals surface area contributed by atoms with Gasteiger partial charge in [0.15, 0.2) is 5.13 Å². The fourth-order valence-corrected chi connectivity index (χ4v) is 3.60. The van der Waals surface area contributed by atoms with Gasteiger partial charge in [-0.15, -0.1) is 0 Å². The topological polar surface area (TPSA) is 63.7 Å². The molecule has 28 heavy (non-hydrogen) atoms. The van der Waals surface area contributed by atoms with Crippen LogP contribution in [0, 0.1) is 6.92 Å². The minimum atomic E-state index is 0.488. The van der Waals surface area contributed by atoms with Crippen LogP contribution < -0.4 is 15.0 Å². The van der Waals surface area contributed by atoms with E-state index >= 15 is 0 Å². The lowest BCUT2D eigenvalue weighted by Gasteiger charge is -2.23. The molecule has 0 spiro atoms. The van der Waals surface area contributed by atoms with E-state index < -0.39 is 0 Å². The number of ether oxygens (including phenoxy) is 2. The van der Waals surface area contributed by atoms with Gasteiger partial charge in [-0.2, -0.15) is 0 Å². The third kappa shape index (κ3) is 5.09. The Kier molecular flexibility index (Phi) is 7.00. The van der Waals surface area contributed by atoms with Crippen molar-refractivity contribution < 1.29 is 14.3 Å². The van der Waals surface area contributed by atoms with E-state index in [1.807, 2.05) is 49.4 Å². The third-order valence-electron chi connectivity index (χ3n) is 4.08. The minimum Gasteiger partial charge on any atom is -0.491 e. The maximum absolute atomic E-state index is 10.8. The molecule has 0 radical (unpaired) electrons. The maximum Gasteiger partial charge on any atom is 0.212 e. The highest BCUT2D eigenvalue weighted by atomic mass is 32.1. The molecular formula is C21H23N3O3S.